The fraction of sp³-hybridized carbons (Fsp3) is 0.667. The number of halogens is 1. The van der Waals surface area contributed by atoms with Gasteiger partial charge < -0.3 is 19.7 Å². The normalized spacial score (nSPS) is 31.2. The van der Waals surface area contributed by atoms with Crippen molar-refractivity contribution in [3.05, 3.63) is 29.1 Å². The van der Waals surface area contributed by atoms with Gasteiger partial charge in [0.05, 0.1) is 6.61 Å². The van der Waals surface area contributed by atoms with E-state index in [0.29, 0.717) is 37.3 Å². The molecular weight excluding hydrogens is 347 g/mol. The third-order valence-electron chi connectivity index (χ3n) is 6.79. The van der Waals surface area contributed by atoms with Crippen LogP contribution >= 0.6 is 0 Å². The number of nitrogens with one attached hydrogen (secondary N) is 1. The molecule has 4 bridgehead atoms. The van der Waals surface area contributed by atoms with Crippen LogP contribution in [0.15, 0.2) is 12.1 Å². The molecule has 2 aliphatic carbocycles. The van der Waals surface area contributed by atoms with Crippen molar-refractivity contribution in [3.63, 3.8) is 0 Å². The van der Waals surface area contributed by atoms with Crippen LogP contribution in [0.25, 0.3) is 0 Å². The molecular formula is C21H27FN2O3. The number of urea groups is 1. The minimum Gasteiger partial charge on any atom is -0.467 e. The molecule has 2 saturated carbocycles. The lowest BCUT2D eigenvalue weighted by Gasteiger charge is -2.38. The van der Waals surface area contributed by atoms with Crippen molar-refractivity contribution in [2.75, 3.05) is 19.9 Å². The van der Waals surface area contributed by atoms with Crippen LogP contribution in [0, 0.1) is 23.6 Å². The van der Waals surface area contributed by atoms with Crippen molar-refractivity contribution in [2.45, 2.75) is 51.2 Å². The van der Waals surface area contributed by atoms with Gasteiger partial charge in [-0.1, -0.05) is 0 Å². The summed E-state index contributed by atoms with van der Waals surface area (Å²) in [5.41, 5.74) is 1.53. The Morgan fingerprint density at radius 2 is 1.93 bits per heavy atom. The van der Waals surface area contributed by atoms with Crippen molar-refractivity contribution >= 4 is 6.03 Å². The second kappa shape index (κ2) is 6.97. The van der Waals surface area contributed by atoms with Gasteiger partial charge in [0.2, 0.25) is 0 Å². The molecule has 3 heterocycles. The van der Waals surface area contributed by atoms with E-state index >= 15 is 0 Å². The topological polar surface area (TPSA) is 50.8 Å². The van der Waals surface area contributed by atoms with Crippen LogP contribution in [0.1, 0.15) is 43.2 Å². The predicted octanol–water partition coefficient (Wildman–Crippen LogP) is 3.45. The largest absolute Gasteiger partial charge is 0.467 e. The maximum Gasteiger partial charge on any atom is 0.317 e. The van der Waals surface area contributed by atoms with E-state index in [1.54, 1.807) is 0 Å². The lowest BCUT2D eigenvalue weighted by Crippen LogP contribution is -2.47. The van der Waals surface area contributed by atoms with Gasteiger partial charge in [0.15, 0.2) is 6.79 Å². The molecule has 2 amide bonds. The number of fused-ring (bicyclic) bond motifs is 2. The minimum absolute atomic E-state index is 0.0442. The highest BCUT2D eigenvalue weighted by Crippen LogP contribution is 2.47. The minimum atomic E-state index is -0.287. The zero-order valence-corrected chi connectivity index (χ0v) is 15.6. The molecule has 5 aliphatic rings. The summed E-state index contributed by atoms with van der Waals surface area (Å²) in [6.07, 6.45) is 6.87. The zero-order chi connectivity index (χ0) is 18.4. The first kappa shape index (κ1) is 17.3. The Hall–Kier alpha value is -1.82. The van der Waals surface area contributed by atoms with E-state index in [9.17, 15) is 9.18 Å². The fourth-order valence-corrected chi connectivity index (χ4v) is 5.88. The third kappa shape index (κ3) is 3.40. The summed E-state index contributed by atoms with van der Waals surface area (Å²) >= 11 is 0. The van der Waals surface area contributed by atoms with E-state index in [2.05, 4.69) is 10.2 Å². The Kier molecular flexibility index (Phi) is 4.46. The second-order valence-corrected chi connectivity index (χ2v) is 8.73. The molecule has 146 valence electrons. The first-order valence-corrected chi connectivity index (χ1v) is 10.2. The number of ether oxygens (including phenoxy) is 2. The summed E-state index contributed by atoms with van der Waals surface area (Å²) in [5.74, 6) is 2.75. The average Bonchev–Trinajstić information content (AvgIpc) is 2.85. The van der Waals surface area contributed by atoms with Gasteiger partial charge in [0, 0.05) is 24.7 Å². The number of carbonyl (C=O) groups excluding carboxylic acids is 1. The Balaban J connectivity index is 1.22. The molecule has 6 heteroatoms. The summed E-state index contributed by atoms with van der Waals surface area (Å²) in [6, 6.07) is 3.41. The molecule has 0 radical (unpaired) electrons. The number of hydrogen-bond donors (Lipinski definition) is 1. The molecule has 1 N–H and O–H groups in total. The lowest BCUT2D eigenvalue weighted by atomic mass is 9.68. The summed E-state index contributed by atoms with van der Waals surface area (Å²) < 4.78 is 24.6. The smallest absolute Gasteiger partial charge is 0.317 e. The number of benzene rings is 1. The van der Waals surface area contributed by atoms with E-state index < -0.39 is 0 Å². The van der Waals surface area contributed by atoms with E-state index in [1.165, 1.54) is 44.2 Å². The van der Waals surface area contributed by atoms with Gasteiger partial charge in [-0.2, -0.15) is 0 Å². The molecule has 0 spiro atoms. The van der Waals surface area contributed by atoms with Gasteiger partial charge in [-0.3, -0.25) is 0 Å². The standard InChI is InChI=1S/C21H27FN2O3/c22-18-8-16(20-17(9-18)11-26-12-27-20)1-2-23-21(25)24-10-15-4-13-3-14(5-15)7-19(24)6-13/h8-9,13-15,19H,1-7,10-12H2,(H,23,25). The van der Waals surface area contributed by atoms with E-state index in [0.717, 1.165) is 29.5 Å². The molecule has 0 aromatic heterocycles. The quantitative estimate of drug-likeness (QED) is 0.882. The first-order valence-electron chi connectivity index (χ1n) is 10.2. The van der Waals surface area contributed by atoms with Gasteiger partial charge in [-0.15, -0.1) is 0 Å². The molecule has 2 unspecified atom stereocenters. The maximum atomic E-state index is 13.9. The fourth-order valence-electron chi connectivity index (χ4n) is 5.88. The van der Waals surface area contributed by atoms with Crippen molar-refractivity contribution in [1.82, 2.24) is 10.2 Å². The van der Waals surface area contributed by atoms with Crippen LogP contribution in [-0.2, 0) is 17.8 Å². The van der Waals surface area contributed by atoms with Crippen molar-refractivity contribution in [1.29, 1.82) is 0 Å². The highest BCUT2D eigenvalue weighted by atomic mass is 19.1. The monoisotopic (exact) mass is 374 g/mol. The molecule has 2 saturated heterocycles. The molecule has 3 aliphatic heterocycles. The van der Waals surface area contributed by atoms with Crippen LogP contribution in [0.5, 0.6) is 5.75 Å². The van der Waals surface area contributed by atoms with Gasteiger partial charge in [0.1, 0.15) is 11.6 Å². The molecule has 1 aromatic carbocycles. The number of hydrogen-bond acceptors (Lipinski definition) is 3. The molecule has 2 atom stereocenters. The van der Waals surface area contributed by atoms with Crippen molar-refractivity contribution in [2.24, 2.45) is 17.8 Å². The molecule has 1 aromatic rings. The molecule has 6 rings (SSSR count). The number of carbonyl (C=O) groups is 1. The van der Waals surface area contributed by atoms with Crippen molar-refractivity contribution < 1.29 is 18.7 Å². The Morgan fingerprint density at radius 1 is 1.15 bits per heavy atom. The maximum absolute atomic E-state index is 13.9. The van der Waals surface area contributed by atoms with Crippen LogP contribution in [0.2, 0.25) is 0 Å². The van der Waals surface area contributed by atoms with Crippen LogP contribution in [0.4, 0.5) is 9.18 Å². The molecule has 27 heavy (non-hydrogen) atoms. The van der Waals surface area contributed by atoms with E-state index in [-0.39, 0.29) is 18.6 Å². The number of rotatable bonds is 3. The highest BCUT2D eigenvalue weighted by molar-refractivity contribution is 5.74. The predicted molar refractivity (Wildman–Crippen MR) is 97.8 cm³/mol. The van der Waals surface area contributed by atoms with E-state index in [4.69, 9.17) is 9.47 Å². The van der Waals surface area contributed by atoms with E-state index in [1.807, 2.05) is 0 Å². The third-order valence-corrected chi connectivity index (χ3v) is 6.79. The molecule has 5 nitrogen and oxygen atoms in total. The van der Waals surface area contributed by atoms with Gasteiger partial charge in [0.25, 0.3) is 0 Å². The van der Waals surface area contributed by atoms with Crippen LogP contribution in [0.3, 0.4) is 0 Å². The first-order chi connectivity index (χ1) is 13.2. The Labute approximate surface area is 159 Å². The van der Waals surface area contributed by atoms with Gasteiger partial charge in [-0.05, 0) is 74.0 Å². The summed E-state index contributed by atoms with van der Waals surface area (Å²) in [4.78, 5) is 14.9. The number of amides is 2. The lowest BCUT2D eigenvalue weighted by molar-refractivity contribution is -0.0172. The van der Waals surface area contributed by atoms with Gasteiger partial charge in [-0.25, -0.2) is 9.18 Å². The summed E-state index contributed by atoms with van der Waals surface area (Å²) in [6.45, 7) is 1.95. The second-order valence-electron chi connectivity index (χ2n) is 8.73. The zero-order valence-electron chi connectivity index (χ0n) is 15.6. The van der Waals surface area contributed by atoms with Gasteiger partial charge >= 0.3 is 6.03 Å². The van der Waals surface area contributed by atoms with Crippen molar-refractivity contribution in [3.8, 4) is 5.75 Å². The summed E-state index contributed by atoms with van der Waals surface area (Å²) in [7, 11) is 0. The Bertz CT molecular complexity index is 726. The molecule has 4 fully saturated rings. The summed E-state index contributed by atoms with van der Waals surface area (Å²) in [5, 5.41) is 3.07. The SMILES string of the molecule is O=C(NCCc1cc(F)cc2c1OCOC2)N1CC2CC3CC(C2)CC1C3. The van der Waals surface area contributed by atoms with Crippen LogP contribution in [-0.4, -0.2) is 36.9 Å². The Morgan fingerprint density at radius 3 is 2.74 bits per heavy atom. The highest BCUT2D eigenvalue weighted by Gasteiger charge is 2.43. The number of nitrogens with zero attached hydrogens (tertiary/aromatic N) is 1. The van der Waals surface area contributed by atoms with Crippen LogP contribution < -0.4 is 10.1 Å². The average molecular weight is 374 g/mol.